The summed E-state index contributed by atoms with van der Waals surface area (Å²) in [5.74, 6) is -2.57. The van der Waals surface area contributed by atoms with Crippen molar-refractivity contribution in [3.8, 4) is 0 Å². The van der Waals surface area contributed by atoms with E-state index in [1.165, 1.54) is 38.6 Å². The second kappa shape index (κ2) is 15.9. The summed E-state index contributed by atoms with van der Waals surface area (Å²) in [6.07, 6.45) is 8.88. The number of quaternary nitrogens is 1. The summed E-state index contributed by atoms with van der Waals surface area (Å²) in [5, 5.41) is 20.0. The van der Waals surface area contributed by atoms with E-state index >= 15 is 0 Å². The van der Waals surface area contributed by atoms with E-state index in [1.54, 1.807) is 0 Å². The lowest BCUT2D eigenvalue weighted by Crippen LogP contribution is -3.00. The number of carbonyl (C=O) groups is 3. The first-order valence-electron chi connectivity index (χ1n) is 9.66. The van der Waals surface area contributed by atoms with Gasteiger partial charge in [0.25, 0.3) is 0 Å². The van der Waals surface area contributed by atoms with Crippen LogP contribution in [-0.2, 0) is 14.4 Å². The van der Waals surface area contributed by atoms with E-state index in [-0.39, 0.29) is 35.7 Å². The number of aliphatic carboxylic acids is 2. The third-order valence-electron chi connectivity index (χ3n) is 4.26. The molecular formula is C19H37BrN2O5. The van der Waals surface area contributed by atoms with Gasteiger partial charge in [-0.15, -0.1) is 0 Å². The van der Waals surface area contributed by atoms with Crippen molar-refractivity contribution in [3.05, 3.63) is 0 Å². The maximum absolute atomic E-state index is 11.8. The maximum Gasteiger partial charge on any atom is 0.326 e. The fraction of sp³-hybridized carbons (Fsp3) is 0.842. The Labute approximate surface area is 173 Å². The van der Waals surface area contributed by atoms with Gasteiger partial charge in [0.05, 0.1) is 27.7 Å². The fourth-order valence-corrected chi connectivity index (χ4v) is 2.72. The number of nitrogens with zero attached hydrogens (tertiary/aromatic N) is 1. The van der Waals surface area contributed by atoms with Crippen molar-refractivity contribution >= 4 is 17.8 Å². The molecule has 27 heavy (non-hydrogen) atoms. The van der Waals surface area contributed by atoms with Gasteiger partial charge in [-0.2, -0.15) is 0 Å². The number of amides is 1. The van der Waals surface area contributed by atoms with Crippen LogP contribution in [0.2, 0.25) is 0 Å². The Balaban J connectivity index is 0. The van der Waals surface area contributed by atoms with Gasteiger partial charge in [0.2, 0.25) is 5.91 Å². The highest BCUT2D eigenvalue weighted by Gasteiger charge is 2.20. The van der Waals surface area contributed by atoms with Crippen molar-refractivity contribution in [1.29, 1.82) is 0 Å². The van der Waals surface area contributed by atoms with Crippen molar-refractivity contribution < 1.29 is 46.1 Å². The van der Waals surface area contributed by atoms with E-state index in [4.69, 9.17) is 10.2 Å². The van der Waals surface area contributed by atoms with Crippen molar-refractivity contribution in [3.63, 3.8) is 0 Å². The van der Waals surface area contributed by atoms with Crippen LogP contribution in [0.25, 0.3) is 0 Å². The van der Waals surface area contributed by atoms with Crippen LogP contribution in [0.4, 0.5) is 0 Å². The highest BCUT2D eigenvalue weighted by atomic mass is 79.9. The minimum Gasteiger partial charge on any atom is -1.00 e. The zero-order valence-corrected chi connectivity index (χ0v) is 18.6. The van der Waals surface area contributed by atoms with E-state index < -0.39 is 18.0 Å². The number of carboxylic acids is 2. The number of nitrogens with one attached hydrogen (secondary N) is 1. The van der Waals surface area contributed by atoms with Gasteiger partial charge in [-0.25, -0.2) is 4.79 Å². The molecule has 3 N–H and O–H groups in total. The third-order valence-corrected chi connectivity index (χ3v) is 4.26. The van der Waals surface area contributed by atoms with Crippen LogP contribution >= 0.6 is 0 Å². The number of hydrogen-bond acceptors (Lipinski definition) is 3. The van der Waals surface area contributed by atoms with Gasteiger partial charge in [0.15, 0.2) is 0 Å². The molecule has 160 valence electrons. The zero-order valence-electron chi connectivity index (χ0n) is 17.0. The summed E-state index contributed by atoms with van der Waals surface area (Å²) >= 11 is 0. The molecule has 8 heteroatoms. The molecule has 0 aromatic heterocycles. The van der Waals surface area contributed by atoms with E-state index in [2.05, 4.69) is 26.5 Å². The maximum atomic E-state index is 11.8. The summed E-state index contributed by atoms with van der Waals surface area (Å²) in [5.41, 5.74) is 0. The SMILES string of the molecule is C[N+](C)(C)CCCCCCCCCCC(=O)N[C@@H](CCC(=O)O)C(=O)O.[Br-]. The molecule has 0 bridgehead atoms. The Morgan fingerprint density at radius 3 is 1.74 bits per heavy atom. The van der Waals surface area contributed by atoms with Gasteiger partial charge >= 0.3 is 11.9 Å². The quantitative estimate of drug-likeness (QED) is 0.219. The van der Waals surface area contributed by atoms with Crippen molar-refractivity contribution in [2.45, 2.75) is 76.7 Å². The number of unbranched alkanes of at least 4 members (excludes halogenated alkanes) is 7. The normalized spacial score (nSPS) is 12.1. The number of rotatable bonds is 16. The summed E-state index contributed by atoms with van der Waals surface area (Å²) in [6, 6.07) is -1.12. The van der Waals surface area contributed by atoms with Crippen molar-refractivity contribution in [1.82, 2.24) is 5.32 Å². The molecule has 1 amide bonds. The molecule has 0 rings (SSSR count). The van der Waals surface area contributed by atoms with Gasteiger partial charge in [0.1, 0.15) is 6.04 Å². The number of carbonyl (C=O) groups excluding carboxylic acids is 1. The van der Waals surface area contributed by atoms with Crippen LogP contribution in [0, 0.1) is 0 Å². The van der Waals surface area contributed by atoms with E-state index in [9.17, 15) is 14.4 Å². The minimum absolute atomic E-state index is 0. The van der Waals surface area contributed by atoms with Crippen LogP contribution in [-0.4, -0.2) is 66.3 Å². The monoisotopic (exact) mass is 452 g/mol. The van der Waals surface area contributed by atoms with Crippen LogP contribution in [0.15, 0.2) is 0 Å². The summed E-state index contributed by atoms with van der Waals surface area (Å²) in [7, 11) is 6.63. The molecule has 1 atom stereocenters. The average molecular weight is 453 g/mol. The highest BCUT2D eigenvalue weighted by Crippen LogP contribution is 2.11. The molecule has 0 saturated carbocycles. The fourth-order valence-electron chi connectivity index (χ4n) is 2.72. The standard InChI is InChI=1S/C19H36N2O5.BrH/c1-21(2,3)15-11-9-7-5-4-6-8-10-12-17(22)20-16(19(25)26)13-14-18(23)24;/h16H,4-15H2,1-3H3,(H2-,20,22,23,24,25,26);1H/t16-;/m0./s1. The molecule has 0 aliphatic carbocycles. The van der Waals surface area contributed by atoms with Crippen LogP contribution in [0.3, 0.4) is 0 Å². The molecule has 0 saturated heterocycles. The molecule has 0 radical (unpaired) electrons. The van der Waals surface area contributed by atoms with Gasteiger partial charge in [0, 0.05) is 12.8 Å². The van der Waals surface area contributed by atoms with Gasteiger partial charge in [-0.3, -0.25) is 9.59 Å². The van der Waals surface area contributed by atoms with Crippen molar-refractivity contribution in [2.24, 2.45) is 0 Å². The molecule has 0 spiro atoms. The molecule has 0 aromatic rings. The molecule has 0 heterocycles. The molecule has 0 aliphatic heterocycles. The molecule has 0 aliphatic rings. The Morgan fingerprint density at radius 2 is 1.30 bits per heavy atom. The molecule has 0 fully saturated rings. The lowest BCUT2D eigenvalue weighted by molar-refractivity contribution is -0.870. The Bertz CT molecular complexity index is 438. The average Bonchev–Trinajstić information content (AvgIpc) is 2.51. The third kappa shape index (κ3) is 19.4. The first-order chi connectivity index (χ1) is 12.1. The van der Waals surface area contributed by atoms with E-state index in [0.29, 0.717) is 6.42 Å². The Hall–Kier alpha value is -1.15. The smallest absolute Gasteiger partial charge is 0.326 e. The first kappa shape index (κ1) is 28.1. The lowest BCUT2D eigenvalue weighted by atomic mass is 10.1. The van der Waals surface area contributed by atoms with Gasteiger partial charge in [-0.1, -0.05) is 32.1 Å². The van der Waals surface area contributed by atoms with Gasteiger partial charge in [-0.05, 0) is 25.7 Å². The number of hydrogen-bond donors (Lipinski definition) is 3. The topological polar surface area (TPSA) is 104 Å². The van der Waals surface area contributed by atoms with Gasteiger partial charge < -0.3 is 37.0 Å². The van der Waals surface area contributed by atoms with Crippen LogP contribution in [0.1, 0.15) is 70.6 Å². The lowest BCUT2D eigenvalue weighted by Gasteiger charge is -2.23. The summed E-state index contributed by atoms with van der Waals surface area (Å²) in [4.78, 5) is 33.3. The Kier molecular flexibility index (Phi) is 16.5. The number of carboxylic acid groups (broad SMARTS) is 2. The van der Waals surface area contributed by atoms with E-state index in [1.807, 2.05) is 0 Å². The first-order valence-corrected chi connectivity index (χ1v) is 9.66. The molecule has 7 nitrogen and oxygen atoms in total. The molecular weight excluding hydrogens is 416 g/mol. The van der Waals surface area contributed by atoms with Crippen LogP contribution in [0.5, 0.6) is 0 Å². The predicted octanol–water partition coefficient (Wildman–Crippen LogP) is -0.358. The zero-order chi connectivity index (χ0) is 20.0. The summed E-state index contributed by atoms with van der Waals surface area (Å²) in [6.45, 7) is 1.21. The minimum atomic E-state index is -1.19. The highest BCUT2D eigenvalue weighted by molar-refractivity contribution is 5.83. The summed E-state index contributed by atoms with van der Waals surface area (Å²) < 4.78 is 1.01. The van der Waals surface area contributed by atoms with E-state index in [0.717, 1.165) is 23.7 Å². The molecule has 0 unspecified atom stereocenters. The largest absolute Gasteiger partial charge is 1.00 e. The second-order valence-corrected chi connectivity index (χ2v) is 7.98. The van der Waals surface area contributed by atoms with Crippen LogP contribution < -0.4 is 22.3 Å². The van der Waals surface area contributed by atoms with Crippen molar-refractivity contribution in [2.75, 3.05) is 27.7 Å². The Morgan fingerprint density at radius 1 is 0.815 bits per heavy atom. The molecule has 0 aromatic carbocycles. The predicted molar refractivity (Wildman–Crippen MR) is 101 cm³/mol. The second-order valence-electron chi connectivity index (χ2n) is 7.98. The number of halogens is 1.